The van der Waals surface area contributed by atoms with Crippen LogP contribution in [0.1, 0.15) is 197 Å². The minimum atomic E-state index is -5.08. The number of ether oxygens (including phenoxy) is 2. The SMILES string of the molecule is Cc1sc2c(c1C)C(c1ccc(Cl)cc1)=N[C@@H](CC(=O)NCCCC(=O)COc1cccc3c1C(=O)N(C1CCC(=O)NC1=O)C3=O)c1nnc(C)n1-2.Cc1sc2c(c1C)C(c1ccc(Cl)cc1)=N[C@@H](CC(=O)O)c1nnc(C)n1-2.NCCCCCC(=O)COc1cccc2c1C(=O)N(C1CCC(=O)NC1=O)C2=O.O=C(O)C(F)(F)F. The molecule has 606 valence electrons. The molecule has 0 saturated carbocycles. The van der Waals surface area contributed by atoms with E-state index in [1.54, 1.807) is 28.7 Å². The number of hydrogen-bond donors (Lipinski definition) is 6. The van der Waals surface area contributed by atoms with E-state index < -0.39 is 89.5 Å². The molecule has 0 bridgehead atoms. The van der Waals surface area contributed by atoms with Crippen LogP contribution in [0, 0.1) is 41.5 Å². The predicted octanol–water partition coefficient (Wildman–Crippen LogP) is 9.60. The van der Waals surface area contributed by atoms with E-state index in [9.17, 15) is 75.8 Å². The number of piperidine rings is 2. The zero-order valence-corrected chi connectivity index (χ0v) is 66.1. The highest BCUT2D eigenvalue weighted by atomic mass is 35.5. The highest BCUT2D eigenvalue weighted by molar-refractivity contribution is 7.15. The first-order valence-electron chi connectivity index (χ1n) is 36.4. The number of thiophene rings is 2. The maximum absolute atomic E-state index is 13.3. The number of amides is 9. The Morgan fingerprint density at radius 2 is 0.974 bits per heavy atom. The summed E-state index contributed by atoms with van der Waals surface area (Å²) < 4.78 is 46.9. The van der Waals surface area contributed by atoms with Gasteiger partial charge in [0.05, 0.1) is 46.5 Å². The maximum atomic E-state index is 13.3. The van der Waals surface area contributed by atoms with Gasteiger partial charge in [-0.2, -0.15) is 13.2 Å². The van der Waals surface area contributed by atoms with Crippen molar-refractivity contribution in [3.05, 3.63) is 184 Å². The monoisotopic (exact) mass is 1670 g/mol. The van der Waals surface area contributed by atoms with Gasteiger partial charge < -0.3 is 30.7 Å². The van der Waals surface area contributed by atoms with Crippen molar-refractivity contribution in [3.8, 4) is 21.5 Å². The Bertz CT molecular complexity index is 5380. The van der Waals surface area contributed by atoms with Crippen LogP contribution in [0.15, 0.2) is 94.9 Å². The fourth-order valence-electron chi connectivity index (χ4n) is 13.5. The molecule has 2 saturated heterocycles. The fraction of sp³-hybridized carbons (Fsp3) is 0.346. The first kappa shape index (κ1) is 85.0. The Balaban J connectivity index is 0.000000177. The Morgan fingerprint density at radius 1 is 0.560 bits per heavy atom. The molecule has 6 aliphatic rings. The molecule has 31 nitrogen and oxygen atoms in total. The van der Waals surface area contributed by atoms with Crippen molar-refractivity contribution in [2.75, 3.05) is 26.3 Å². The number of aromatic nitrogens is 6. The van der Waals surface area contributed by atoms with Gasteiger partial charge in [0.25, 0.3) is 23.6 Å². The van der Waals surface area contributed by atoms with Gasteiger partial charge in [-0.05, 0) is 140 Å². The third-order valence-corrected chi connectivity index (χ3v) is 22.3. The number of unbranched alkanes of at least 4 members (excludes halogenated alkanes) is 2. The van der Waals surface area contributed by atoms with E-state index in [4.69, 9.17) is 58.3 Å². The van der Waals surface area contributed by atoms with E-state index in [1.165, 1.54) is 35.2 Å². The van der Waals surface area contributed by atoms with Gasteiger partial charge in [-0.15, -0.1) is 43.1 Å². The Labute approximate surface area is 676 Å². The average Bonchev–Trinajstić information content (AvgIpc) is 1.60. The van der Waals surface area contributed by atoms with E-state index in [1.807, 2.05) is 71.5 Å². The molecule has 0 radical (unpaired) electrons. The number of fused-ring (bicyclic) bond motifs is 8. The highest BCUT2D eigenvalue weighted by Crippen LogP contribution is 2.43. The number of nitrogens with zero attached hydrogens (tertiary/aromatic N) is 10. The summed E-state index contributed by atoms with van der Waals surface area (Å²) in [6, 6.07) is 20.5. The lowest BCUT2D eigenvalue weighted by molar-refractivity contribution is -0.192. The predicted molar refractivity (Wildman–Crippen MR) is 414 cm³/mol. The van der Waals surface area contributed by atoms with Gasteiger partial charge in [-0.3, -0.25) is 97.1 Å². The maximum Gasteiger partial charge on any atom is 0.490 e. The number of Topliss-reactive ketones (excluding diaryl/α,β-unsaturated/α-hetero) is 2. The van der Waals surface area contributed by atoms with Gasteiger partial charge >= 0.3 is 18.1 Å². The van der Waals surface area contributed by atoms with Crippen molar-refractivity contribution in [2.45, 2.75) is 149 Å². The molecule has 4 aromatic carbocycles. The number of alkyl halides is 3. The summed E-state index contributed by atoms with van der Waals surface area (Å²) in [4.78, 5) is 172. The van der Waals surface area contributed by atoms with E-state index in [2.05, 4.69) is 64.0 Å². The summed E-state index contributed by atoms with van der Waals surface area (Å²) in [6.07, 6.45) is -1.89. The molecule has 8 aromatic rings. The molecule has 38 heteroatoms. The van der Waals surface area contributed by atoms with Gasteiger partial charge in [0.1, 0.15) is 70.5 Å². The lowest BCUT2D eigenvalue weighted by Crippen LogP contribution is -2.54. The first-order chi connectivity index (χ1) is 55.2. The molecule has 6 aliphatic heterocycles. The second-order valence-corrected chi connectivity index (χ2v) is 30.7. The summed E-state index contributed by atoms with van der Waals surface area (Å²) in [5.41, 5.74) is 13.0. The number of rotatable bonds is 23. The molecule has 2 fully saturated rings. The number of ketones is 2. The quantitative estimate of drug-likeness (QED) is 0.0256. The van der Waals surface area contributed by atoms with Crippen LogP contribution in [0.5, 0.6) is 11.5 Å². The lowest BCUT2D eigenvalue weighted by atomic mass is 9.99. The third-order valence-electron chi connectivity index (χ3n) is 19.5. The molecule has 10 heterocycles. The smallest absolute Gasteiger partial charge is 0.485 e. The van der Waals surface area contributed by atoms with Crippen molar-refractivity contribution in [3.63, 3.8) is 0 Å². The van der Waals surface area contributed by atoms with Crippen LogP contribution < -0.4 is 31.2 Å². The number of aliphatic carboxylic acids is 2. The molecule has 9 amide bonds. The molecular weight excluding hydrogens is 1600 g/mol. The summed E-state index contributed by atoms with van der Waals surface area (Å²) >= 11 is 15.5. The van der Waals surface area contributed by atoms with Crippen LogP contribution >= 0.6 is 45.9 Å². The third kappa shape index (κ3) is 18.6. The average molecular weight is 1670 g/mol. The number of carboxylic acids is 2. The van der Waals surface area contributed by atoms with Crippen molar-refractivity contribution >= 4 is 134 Å². The van der Waals surface area contributed by atoms with Crippen LogP contribution in [0.2, 0.25) is 10.0 Å². The number of imide groups is 4. The van der Waals surface area contributed by atoms with Crippen molar-refractivity contribution in [2.24, 2.45) is 15.7 Å². The Hall–Kier alpha value is -11.9. The van der Waals surface area contributed by atoms with Gasteiger partial charge in [0.15, 0.2) is 23.2 Å². The topological polar surface area (TPSA) is 436 Å². The summed E-state index contributed by atoms with van der Waals surface area (Å²) in [5.74, 6) is -6.61. The van der Waals surface area contributed by atoms with Crippen LogP contribution in [0.3, 0.4) is 0 Å². The van der Waals surface area contributed by atoms with Crippen molar-refractivity contribution < 1.29 is 95.2 Å². The molecule has 0 aliphatic carbocycles. The molecule has 14 rings (SSSR count). The normalized spacial score (nSPS) is 17.1. The molecule has 116 heavy (non-hydrogen) atoms. The summed E-state index contributed by atoms with van der Waals surface area (Å²) in [7, 11) is 0. The Kier molecular flexibility index (Phi) is 26.6. The lowest BCUT2D eigenvalue weighted by Gasteiger charge is -2.27. The molecular formula is C78H75Cl2F3N14O17S2. The number of nitrogens with two attached hydrogens (primary N) is 1. The second kappa shape index (κ2) is 36.3. The van der Waals surface area contributed by atoms with Gasteiger partial charge in [-0.25, -0.2) is 4.79 Å². The Morgan fingerprint density at radius 3 is 1.37 bits per heavy atom. The minimum Gasteiger partial charge on any atom is -0.485 e. The van der Waals surface area contributed by atoms with Crippen LogP contribution in [0.25, 0.3) is 10.0 Å². The van der Waals surface area contributed by atoms with Gasteiger partial charge in [-0.1, -0.05) is 66.0 Å². The van der Waals surface area contributed by atoms with Gasteiger partial charge in [0.2, 0.25) is 29.5 Å². The number of carboxylic acid groups (broad SMARTS) is 2. The molecule has 4 atom stereocenters. The fourth-order valence-corrected chi connectivity index (χ4v) is 16.2. The molecule has 0 spiro atoms. The number of aliphatic imine (C=N–C) groups is 2. The summed E-state index contributed by atoms with van der Waals surface area (Å²) in [5, 5.41) is 44.1. The van der Waals surface area contributed by atoms with E-state index in [0.29, 0.717) is 53.3 Å². The zero-order valence-electron chi connectivity index (χ0n) is 63.0. The largest absolute Gasteiger partial charge is 0.490 e. The van der Waals surface area contributed by atoms with Crippen molar-refractivity contribution in [1.82, 2.24) is 55.3 Å². The molecule has 4 aromatic heterocycles. The zero-order chi connectivity index (χ0) is 83.9. The second-order valence-electron chi connectivity index (χ2n) is 27.4. The number of carbonyl (C=O) groups is 13. The van der Waals surface area contributed by atoms with Crippen LogP contribution in [-0.4, -0.2) is 182 Å². The molecule has 7 N–H and O–H groups in total. The van der Waals surface area contributed by atoms with Crippen molar-refractivity contribution in [1.29, 1.82) is 0 Å². The first-order valence-corrected chi connectivity index (χ1v) is 38.8. The van der Waals surface area contributed by atoms with Crippen LogP contribution in [-0.2, 0) is 43.2 Å². The number of benzene rings is 4. The molecule has 2 unspecified atom stereocenters. The highest BCUT2D eigenvalue weighted by Gasteiger charge is 2.48. The summed E-state index contributed by atoms with van der Waals surface area (Å²) in [6.45, 7) is 12.2. The van der Waals surface area contributed by atoms with E-state index >= 15 is 0 Å². The minimum absolute atomic E-state index is 0.000128. The number of halogens is 5. The number of nitrogens with one attached hydrogen (secondary N) is 3. The van der Waals surface area contributed by atoms with E-state index in [0.717, 1.165) is 88.1 Å². The number of aryl methyl sites for hydroxylation is 4. The van der Waals surface area contributed by atoms with Crippen LogP contribution in [0.4, 0.5) is 13.2 Å². The van der Waals surface area contributed by atoms with Gasteiger partial charge in [0, 0.05) is 74.3 Å². The number of hydrogen-bond acceptors (Lipinski definition) is 24. The number of carbonyl (C=O) groups excluding carboxylic acids is 11. The standard InChI is InChI=1S/C37H34ClN7O7S.C20H23N3O6.C19H17ClN4O2S.C2HF3O2/c1-18-19(2)53-37-30(18)32(21-9-11-22(38)12-10-21)40-25(33-43-42-20(3)44(33)37)16-29(48)39-15-5-6-23(46)17-52-27-8-4-7-24-31(27)36(51)45(35(24)50)26-13-14-28(47)41-34(26)49;21-10-3-1-2-5-12(24)11-29-15-7-4-6-13-17(15)20(28)23(19(13)27)14-8-9-16(25)22-18(14)26;1-9-10(2)27-19-16(9)17(12-4-6-13(20)7-5-12)21-14(8-15(25)26)18-23-22-11(3)24(18)19;3-2(4,5)1(6)7/h4,7-12,25-26H,5-6,13-17H2,1-3H3,(H,39,48)(H,41,47,49);4,6-7,14H,1-3,5,8-11,21H2,(H,22,25,26);4-7,14H,8H2,1-3H3,(H,25,26);(H,6,7)/t25-,26?;;14-;/m0.0./s1. The van der Waals surface area contributed by atoms with E-state index in [-0.39, 0.29) is 116 Å².